The number of phenolic OH excluding ortho intramolecular Hbond substituents is 2. The molecule has 0 unspecified atom stereocenters. The Morgan fingerprint density at radius 2 is 1.85 bits per heavy atom. The first-order valence-electron chi connectivity index (χ1n) is 7.01. The maximum absolute atomic E-state index is 13.1. The van der Waals surface area contributed by atoms with E-state index in [1.165, 1.54) is 0 Å². The topological polar surface area (TPSA) is 152 Å². The summed E-state index contributed by atoms with van der Waals surface area (Å²) in [6.45, 7) is 0. The van der Waals surface area contributed by atoms with Crippen molar-refractivity contribution in [2.45, 2.75) is 12.6 Å². The monoisotopic (exact) mass is 384 g/mol. The van der Waals surface area contributed by atoms with Gasteiger partial charge in [-0.3, -0.25) is 19.9 Å². The third-order valence-electron chi connectivity index (χ3n) is 3.43. The standard InChI is InChI=1S/C14H7F3N4O6/c15-14(16,17)11-9(7(22)1-2-18-11)13-20-19-12(27-13)5-3-6(21(25)26)10(24)8(23)4-5/h2-4,23-24H,1H2. The first-order chi connectivity index (χ1) is 12.6. The number of carbonyl (C=O) groups excluding carboxylic acids is 1. The van der Waals surface area contributed by atoms with Gasteiger partial charge >= 0.3 is 11.9 Å². The van der Waals surface area contributed by atoms with E-state index in [1.54, 1.807) is 0 Å². The van der Waals surface area contributed by atoms with Gasteiger partial charge in [-0.15, -0.1) is 10.2 Å². The molecule has 0 radical (unpaired) electrons. The van der Waals surface area contributed by atoms with Crippen LogP contribution < -0.4 is 0 Å². The Labute approximate surface area is 146 Å². The molecule has 1 aliphatic heterocycles. The zero-order chi connectivity index (χ0) is 19.9. The average Bonchev–Trinajstić information content (AvgIpc) is 3.05. The number of ketones is 1. The van der Waals surface area contributed by atoms with Crippen molar-refractivity contribution in [3.05, 3.63) is 33.8 Å². The molecule has 0 saturated carbocycles. The number of allylic oxidation sites excluding steroid dienone is 2. The molecule has 0 aliphatic carbocycles. The number of hydrogen-bond acceptors (Lipinski definition) is 9. The van der Waals surface area contributed by atoms with Crippen molar-refractivity contribution in [2.75, 3.05) is 0 Å². The Bertz CT molecular complexity index is 1020. The van der Waals surface area contributed by atoms with Gasteiger partial charge in [0.15, 0.2) is 17.2 Å². The Morgan fingerprint density at radius 1 is 1.19 bits per heavy atom. The first kappa shape index (κ1) is 18.0. The zero-order valence-electron chi connectivity index (χ0n) is 12.9. The minimum Gasteiger partial charge on any atom is -0.504 e. The number of nitro groups is 1. The van der Waals surface area contributed by atoms with Crippen LogP contribution in [-0.4, -0.2) is 43.5 Å². The summed E-state index contributed by atoms with van der Waals surface area (Å²) in [6, 6.07) is 1.60. The van der Waals surface area contributed by atoms with E-state index in [9.17, 15) is 38.3 Å². The van der Waals surface area contributed by atoms with Gasteiger partial charge in [-0.2, -0.15) is 13.2 Å². The highest BCUT2D eigenvalue weighted by atomic mass is 19.4. The maximum atomic E-state index is 13.1. The molecule has 0 saturated heterocycles. The van der Waals surface area contributed by atoms with Gasteiger partial charge < -0.3 is 14.6 Å². The number of carbonyl (C=O) groups is 1. The molecule has 1 aliphatic rings. The highest BCUT2D eigenvalue weighted by molar-refractivity contribution is 6.25. The molecular weight excluding hydrogens is 377 g/mol. The lowest BCUT2D eigenvalue weighted by Gasteiger charge is -2.13. The normalized spacial score (nSPS) is 14.7. The first-order valence-corrected chi connectivity index (χ1v) is 7.01. The summed E-state index contributed by atoms with van der Waals surface area (Å²) >= 11 is 0. The van der Waals surface area contributed by atoms with Crippen LogP contribution >= 0.6 is 0 Å². The number of nitrogens with zero attached hydrogens (tertiary/aromatic N) is 4. The van der Waals surface area contributed by atoms with Crippen LogP contribution in [0.4, 0.5) is 18.9 Å². The second kappa shape index (κ2) is 6.19. The minimum absolute atomic E-state index is 0.253. The van der Waals surface area contributed by atoms with Crippen molar-refractivity contribution < 1.29 is 37.5 Å². The smallest absolute Gasteiger partial charge is 0.434 e. The number of aromatic hydroxyl groups is 2. The number of halogens is 3. The molecule has 1 aromatic heterocycles. The molecule has 0 fully saturated rings. The van der Waals surface area contributed by atoms with E-state index < -0.39 is 63.5 Å². The maximum Gasteiger partial charge on any atom is 0.434 e. The van der Waals surface area contributed by atoms with Crippen molar-refractivity contribution >= 4 is 23.3 Å². The van der Waals surface area contributed by atoms with Crippen LogP contribution in [0.25, 0.3) is 17.0 Å². The van der Waals surface area contributed by atoms with Crippen LogP contribution in [-0.2, 0) is 4.79 Å². The van der Waals surface area contributed by atoms with E-state index in [-0.39, 0.29) is 5.56 Å². The van der Waals surface area contributed by atoms with Crippen LogP contribution in [0.2, 0.25) is 0 Å². The molecule has 0 spiro atoms. The van der Waals surface area contributed by atoms with Gasteiger partial charge in [0.05, 0.1) is 4.92 Å². The molecule has 0 amide bonds. The molecule has 3 rings (SSSR count). The second-order valence-electron chi connectivity index (χ2n) is 5.19. The second-order valence-corrected chi connectivity index (χ2v) is 5.19. The lowest BCUT2D eigenvalue weighted by Crippen LogP contribution is -2.20. The summed E-state index contributed by atoms with van der Waals surface area (Å²) in [5.74, 6) is -4.14. The number of nitro benzene ring substituents is 1. The fourth-order valence-corrected chi connectivity index (χ4v) is 2.26. The van der Waals surface area contributed by atoms with E-state index in [0.29, 0.717) is 0 Å². The molecular formula is C14H7F3N4O6. The largest absolute Gasteiger partial charge is 0.504 e. The lowest BCUT2D eigenvalue weighted by atomic mass is 10.0. The zero-order valence-corrected chi connectivity index (χ0v) is 12.9. The van der Waals surface area contributed by atoms with Gasteiger partial charge in [0.25, 0.3) is 5.89 Å². The molecule has 0 bridgehead atoms. The van der Waals surface area contributed by atoms with Crippen molar-refractivity contribution in [1.29, 1.82) is 0 Å². The third kappa shape index (κ3) is 3.21. The summed E-state index contributed by atoms with van der Waals surface area (Å²) < 4.78 is 44.3. The third-order valence-corrected chi connectivity index (χ3v) is 3.43. The van der Waals surface area contributed by atoms with Crippen LogP contribution in [0.1, 0.15) is 12.3 Å². The van der Waals surface area contributed by atoms with Crippen molar-refractivity contribution in [2.24, 2.45) is 4.99 Å². The minimum atomic E-state index is -4.95. The summed E-state index contributed by atoms with van der Waals surface area (Å²) in [5.41, 5.74) is -3.58. The van der Waals surface area contributed by atoms with E-state index >= 15 is 0 Å². The predicted octanol–water partition coefficient (Wildman–Crippen LogP) is 2.37. The van der Waals surface area contributed by atoms with Gasteiger partial charge in [0, 0.05) is 24.3 Å². The Kier molecular flexibility index (Phi) is 4.13. The Hall–Kier alpha value is -3.77. The predicted molar refractivity (Wildman–Crippen MR) is 80.8 cm³/mol. The number of Topliss-reactive ketones (excluding diaryl/α,β-unsaturated/α-hetero) is 1. The van der Waals surface area contributed by atoms with Gasteiger partial charge in [-0.25, -0.2) is 0 Å². The Balaban J connectivity index is 2.13. The summed E-state index contributed by atoms with van der Waals surface area (Å²) in [5, 5.41) is 36.7. The van der Waals surface area contributed by atoms with Crippen LogP contribution in [0.5, 0.6) is 11.5 Å². The molecule has 2 N–H and O–H groups in total. The molecule has 13 heteroatoms. The van der Waals surface area contributed by atoms with E-state index in [1.807, 2.05) is 0 Å². The molecule has 2 aromatic rings. The molecule has 2 heterocycles. The van der Waals surface area contributed by atoms with E-state index in [2.05, 4.69) is 15.2 Å². The van der Waals surface area contributed by atoms with Crippen LogP contribution in [0.15, 0.2) is 27.2 Å². The summed E-state index contributed by atoms with van der Waals surface area (Å²) in [7, 11) is 0. The number of aromatic nitrogens is 2. The molecule has 10 nitrogen and oxygen atoms in total. The fraction of sp³-hybridized carbons (Fsp3) is 0.143. The average molecular weight is 384 g/mol. The van der Waals surface area contributed by atoms with Crippen LogP contribution in [0.3, 0.4) is 0 Å². The van der Waals surface area contributed by atoms with E-state index in [0.717, 1.165) is 18.3 Å². The fourth-order valence-electron chi connectivity index (χ4n) is 2.26. The Morgan fingerprint density at radius 3 is 2.48 bits per heavy atom. The summed E-state index contributed by atoms with van der Waals surface area (Å²) in [4.78, 5) is 25.0. The SMILES string of the molecule is O=C1CC=NC(C(F)(F)F)=C1c1nnc(-c2cc(O)c(O)c([N+](=O)[O-])c2)o1. The van der Waals surface area contributed by atoms with Gasteiger partial charge in [-0.05, 0) is 6.07 Å². The molecule has 0 atom stereocenters. The van der Waals surface area contributed by atoms with Gasteiger partial charge in [0.2, 0.25) is 11.6 Å². The van der Waals surface area contributed by atoms with Crippen LogP contribution in [0, 0.1) is 10.1 Å². The molecule has 1 aromatic carbocycles. The quantitative estimate of drug-likeness (QED) is 0.465. The number of benzene rings is 1. The van der Waals surface area contributed by atoms with E-state index in [4.69, 9.17) is 4.42 Å². The lowest BCUT2D eigenvalue weighted by molar-refractivity contribution is -0.385. The van der Waals surface area contributed by atoms with Crippen molar-refractivity contribution in [1.82, 2.24) is 10.2 Å². The van der Waals surface area contributed by atoms with Crippen molar-refractivity contribution in [3.63, 3.8) is 0 Å². The highest BCUT2D eigenvalue weighted by Crippen LogP contribution is 2.40. The molecule has 27 heavy (non-hydrogen) atoms. The summed E-state index contributed by atoms with van der Waals surface area (Å²) in [6.07, 6.45) is -4.56. The number of rotatable bonds is 3. The van der Waals surface area contributed by atoms with Crippen molar-refractivity contribution in [3.8, 4) is 23.0 Å². The number of alkyl halides is 3. The number of aliphatic imine (C=N–C) groups is 1. The van der Waals surface area contributed by atoms with Gasteiger partial charge in [0.1, 0.15) is 5.57 Å². The molecule has 140 valence electrons. The highest BCUT2D eigenvalue weighted by Gasteiger charge is 2.41. The number of hydrogen-bond donors (Lipinski definition) is 2. The number of phenols is 2. The van der Waals surface area contributed by atoms with Gasteiger partial charge in [-0.1, -0.05) is 0 Å².